The normalized spacial score (nSPS) is 12.7. The Kier molecular flexibility index (Phi) is 6.21. The molecule has 0 radical (unpaired) electrons. The Labute approximate surface area is 147 Å². The van der Waals surface area contributed by atoms with Crippen molar-refractivity contribution < 1.29 is 4.79 Å². The molecular weight excluding hydrogens is 316 g/mol. The van der Waals surface area contributed by atoms with Gasteiger partial charge in [0.1, 0.15) is 5.35 Å². The third-order valence-corrected chi connectivity index (χ3v) is 4.93. The van der Waals surface area contributed by atoms with Crippen LogP contribution in [0.4, 0.5) is 0 Å². The number of hydrogen-bond donors (Lipinski definition) is 0. The molecule has 0 amide bonds. The lowest BCUT2D eigenvalue weighted by atomic mass is 10.00. The lowest BCUT2D eigenvalue weighted by Gasteiger charge is -2.07. The van der Waals surface area contributed by atoms with Gasteiger partial charge >= 0.3 is 0 Å². The molecule has 24 heavy (non-hydrogen) atoms. The largest absolute Gasteiger partial charge is 0.292 e. The number of thiazole rings is 1. The topological polar surface area (TPSA) is 42.3 Å². The Bertz CT molecular complexity index is 878. The van der Waals surface area contributed by atoms with Crippen molar-refractivity contribution in [2.24, 2.45) is 4.99 Å². The number of hydrogen-bond acceptors (Lipinski definition) is 4. The van der Waals surface area contributed by atoms with E-state index in [4.69, 9.17) is 0 Å². The molecule has 0 fully saturated rings. The van der Waals surface area contributed by atoms with Crippen LogP contribution in [0.2, 0.25) is 0 Å². The molecule has 0 N–H and O–H groups in total. The van der Waals surface area contributed by atoms with Gasteiger partial charge in [0.25, 0.3) is 0 Å². The highest BCUT2D eigenvalue weighted by atomic mass is 32.1. The monoisotopic (exact) mass is 340 g/mol. The number of benzene rings is 1. The van der Waals surface area contributed by atoms with Crippen molar-refractivity contribution in [1.82, 2.24) is 4.98 Å². The van der Waals surface area contributed by atoms with Crippen molar-refractivity contribution in [3.8, 4) is 0 Å². The van der Waals surface area contributed by atoms with E-state index in [0.29, 0.717) is 5.01 Å². The Morgan fingerprint density at radius 2 is 2.12 bits per heavy atom. The van der Waals surface area contributed by atoms with E-state index in [2.05, 4.69) is 48.6 Å². The minimum absolute atomic E-state index is 0.0219. The number of aromatic nitrogens is 1. The van der Waals surface area contributed by atoms with Gasteiger partial charge in [-0.2, -0.15) is 0 Å². The zero-order valence-corrected chi connectivity index (χ0v) is 15.7. The van der Waals surface area contributed by atoms with Crippen LogP contribution in [0.25, 0.3) is 12.3 Å². The maximum absolute atomic E-state index is 11.5. The number of ketones is 1. The van der Waals surface area contributed by atoms with Gasteiger partial charge in [0.15, 0.2) is 10.8 Å². The molecule has 1 aromatic heterocycles. The van der Waals surface area contributed by atoms with Gasteiger partial charge in [0.2, 0.25) is 0 Å². The molecule has 0 aliphatic heterocycles. The van der Waals surface area contributed by atoms with E-state index in [1.165, 1.54) is 35.0 Å². The van der Waals surface area contributed by atoms with Crippen molar-refractivity contribution in [2.45, 2.75) is 47.0 Å². The van der Waals surface area contributed by atoms with Crippen molar-refractivity contribution in [1.29, 1.82) is 0 Å². The van der Waals surface area contributed by atoms with Crippen LogP contribution in [0.1, 0.15) is 53.2 Å². The van der Waals surface area contributed by atoms with E-state index in [1.807, 2.05) is 6.92 Å². The Morgan fingerprint density at radius 3 is 2.75 bits per heavy atom. The molecule has 0 aliphatic rings. The summed E-state index contributed by atoms with van der Waals surface area (Å²) in [5, 5.41) is 1.28. The molecule has 3 nitrogen and oxygen atoms in total. The number of carbonyl (C=O) groups is 1. The van der Waals surface area contributed by atoms with Crippen LogP contribution in [0, 0.1) is 13.8 Å². The smallest absolute Gasteiger partial charge is 0.188 e. The van der Waals surface area contributed by atoms with Gasteiger partial charge in [0, 0.05) is 17.7 Å². The lowest BCUT2D eigenvalue weighted by Crippen LogP contribution is -2.22. The second-order valence-corrected chi connectivity index (χ2v) is 7.05. The molecule has 0 unspecified atom stereocenters. The Morgan fingerprint density at radius 1 is 1.38 bits per heavy atom. The van der Waals surface area contributed by atoms with Gasteiger partial charge in [-0.05, 0) is 51.2 Å². The van der Waals surface area contributed by atoms with Crippen LogP contribution in [0.3, 0.4) is 0 Å². The number of rotatable bonds is 6. The second kappa shape index (κ2) is 8.15. The predicted octanol–water partition coefficient (Wildman–Crippen LogP) is 3.59. The minimum atomic E-state index is -0.0219. The maximum Gasteiger partial charge on any atom is 0.188 e. The first kappa shape index (κ1) is 18.3. The lowest BCUT2D eigenvalue weighted by molar-refractivity contribution is 0.101. The fourth-order valence-electron chi connectivity index (χ4n) is 2.64. The zero-order chi connectivity index (χ0) is 17.7. The standard InChI is InChI=1S/C20H24N2OS/c1-6-21-18(19-16(5)24-20(22-19)15(4)23)9-7-8-17-12-13(2)10-11-14(17)3/h6,10-12H,5,7-9H2,1-4H3/b19-18+,21-6-. The molecule has 2 aromatic rings. The first-order chi connectivity index (χ1) is 11.4. The summed E-state index contributed by atoms with van der Waals surface area (Å²) >= 11 is 1.34. The van der Waals surface area contributed by atoms with E-state index in [-0.39, 0.29) is 5.78 Å². The SMILES string of the molecule is C=c1sc(C(C)=O)n/c1=C(CCCc1cc(C)ccc1C)/N=C\C. The van der Waals surface area contributed by atoms with Gasteiger partial charge < -0.3 is 0 Å². The fraction of sp³-hybridized carbons (Fsp3) is 0.350. The van der Waals surface area contributed by atoms with Crippen LogP contribution in [-0.2, 0) is 6.42 Å². The third kappa shape index (κ3) is 4.48. The Balaban J connectivity index is 2.24. The molecular formula is C20H24N2OS. The van der Waals surface area contributed by atoms with Crippen molar-refractivity contribution in [3.05, 3.63) is 49.8 Å². The molecule has 0 saturated heterocycles. The molecule has 1 aromatic carbocycles. The summed E-state index contributed by atoms with van der Waals surface area (Å²) in [6.45, 7) is 11.7. The average Bonchev–Trinajstić information content (AvgIpc) is 2.92. The highest BCUT2D eigenvalue weighted by molar-refractivity contribution is 7.11. The van der Waals surface area contributed by atoms with E-state index in [0.717, 1.165) is 34.8 Å². The first-order valence-electron chi connectivity index (χ1n) is 8.17. The molecule has 0 spiro atoms. The molecule has 0 atom stereocenters. The van der Waals surface area contributed by atoms with Crippen molar-refractivity contribution >= 4 is 35.6 Å². The number of carbonyl (C=O) groups excluding carboxylic acids is 1. The number of nitrogens with zero attached hydrogens (tertiary/aromatic N) is 2. The van der Waals surface area contributed by atoms with Crippen molar-refractivity contribution in [3.63, 3.8) is 0 Å². The number of aryl methyl sites for hydroxylation is 3. The summed E-state index contributed by atoms with van der Waals surface area (Å²) in [7, 11) is 0. The van der Waals surface area contributed by atoms with Crippen LogP contribution in [-0.4, -0.2) is 17.0 Å². The number of Topliss-reactive ketones (excluding diaryl/α,β-unsaturated/α-hetero) is 1. The fourth-order valence-corrected chi connectivity index (χ4v) is 3.42. The van der Waals surface area contributed by atoms with Gasteiger partial charge in [-0.15, -0.1) is 11.3 Å². The second-order valence-electron chi connectivity index (χ2n) is 5.96. The molecule has 4 heteroatoms. The van der Waals surface area contributed by atoms with Crippen LogP contribution >= 0.6 is 11.3 Å². The van der Waals surface area contributed by atoms with Gasteiger partial charge in [-0.3, -0.25) is 9.79 Å². The van der Waals surface area contributed by atoms with Crippen molar-refractivity contribution in [2.75, 3.05) is 0 Å². The van der Waals surface area contributed by atoms with E-state index in [9.17, 15) is 4.79 Å². The highest BCUT2D eigenvalue weighted by Gasteiger charge is 2.08. The summed E-state index contributed by atoms with van der Waals surface area (Å²) in [4.78, 5) is 20.5. The summed E-state index contributed by atoms with van der Waals surface area (Å²) in [6.07, 6.45) is 4.59. The van der Waals surface area contributed by atoms with Crippen LogP contribution in [0.15, 0.2) is 23.2 Å². The molecule has 0 bridgehead atoms. The molecule has 0 saturated carbocycles. The third-order valence-electron chi connectivity index (χ3n) is 3.92. The molecule has 2 rings (SSSR count). The molecule has 0 aliphatic carbocycles. The summed E-state index contributed by atoms with van der Waals surface area (Å²) < 4.78 is 0.813. The minimum Gasteiger partial charge on any atom is -0.292 e. The van der Waals surface area contributed by atoms with Crippen LogP contribution < -0.4 is 9.88 Å². The first-order valence-corrected chi connectivity index (χ1v) is 8.98. The summed E-state index contributed by atoms with van der Waals surface area (Å²) in [5.41, 5.74) is 4.91. The molecule has 1 heterocycles. The maximum atomic E-state index is 11.5. The quantitative estimate of drug-likeness (QED) is 0.596. The summed E-state index contributed by atoms with van der Waals surface area (Å²) in [6, 6.07) is 6.57. The zero-order valence-electron chi connectivity index (χ0n) is 14.8. The van der Waals surface area contributed by atoms with Crippen LogP contribution in [0.5, 0.6) is 0 Å². The van der Waals surface area contributed by atoms with E-state index in [1.54, 1.807) is 6.21 Å². The highest BCUT2D eigenvalue weighted by Crippen LogP contribution is 2.16. The van der Waals surface area contributed by atoms with Gasteiger partial charge in [-0.25, -0.2) is 4.98 Å². The van der Waals surface area contributed by atoms with Gasteiger partial charge in [-0.1, -0.05) is 30.3 Å². The Hall–Kier alpha value is -2.07. The predicted molar refractivity (Wildman–Crippen MR) is 103 cm³/mol. The van der Waals surface area contributed by atoms with Gasteiger partial charge in [0.05, 0.1) is 5.70 Å². The number of aliphatic imine (C=N–C) groups is 1. The van der Waals surface area contributed by atoms with E-state index >= 15 is 0 Å². The average molecular weight is 340 g/mol. The molecule has 126 valence electrons. The van der Waals surface area contributed by atoms with E-state index < -0.39 is 0 Å². The summed E-state index contributed by atoms with van der Waals surface area (Å²) in [5.74, 6) is -0.0219.